The Kier molecular flexibility index (Phi) is 12.3. The van der Waals surface area contributed by atoms with Crippen molar-refractivity contribution >= 4 is 59.0 Å². The fourth-order valence-electron chi connectivity index (χ4n) is 3.82. The number of para-hydroxylation sites is 1. The van der Waals surface area contributed by atoms with Crippen molar-refractivity contribution in [1.82, 2.24) is 20.9 Å². The molecule has 0 aliphatic rings. The van der Waals surface area contributed by atoms with Gasteiger partial charge in [-0.15, -0.1) is 0 Å². The van der Waals surface area contributed by atoms with Crippen LogP contribution in [0.25, 0.3) is 10.9 Å². The van der Waals surface area contributed by atoms with Crippen LogP contribution in [0.2, 0.25) is 0 Å². The van der Waals surface area contributed by atoms with Gasteiger partial charge in [0.05, 0.1) is 6.04 Å². The quantitative estimate of drug-likeness (QED) is 0.164. The van der Waals surface area contributed by atoms with E-state index in [1.807, 2.05) is 44.4 Å². The number of thioether (sulfide) groups is 1. The lowest BCUT2D eigenvalue weighted by Crippen LogP contribution is -2.58. The predicted molar refractivity (Wildman–Crippen MR) is 150 cm³/mol. The highest BCUT2D eigenvalue weighted by molar-refractivity contribution is 7.98. The minimum absolute atomic E-state index is 0.0539. The minimum atomic E-state index is -1.22. The first-order valence-electron chi connectivity index (χ1n) is 12.1. The zero-order valence-corrected chi connectivity index (χ0v) is 23.0. The summed E-state index contributed by atoms with van der Waals surface area (Å²) in [4.78, 5) is 53.5. The van der Waals surface area contributed by atoms with Gasteiger partial charge in [-0.3, -0.25) is 14.4 Å². The van der Waals surface area contributed by atoms with Crippen LogP contribution < -0.4 is 21.7 Å². The first-order valence-corrected chi connectivity index (χ1v) is 14.1. The van der Waals surface area contributed by atoms with Crippen molar-refractivity contribution in [2.24, 2.45) is 11.7 Å². The molecular formula is C25H37N5O5S2. The highest BCUT2D eigenvalue weighted by Gasteiger charge is 2.30. The fraction of sp³-hybridized carbons (Fsp3) is 0.520. The Labute approximate surface area is 226 Å². The van der Waals surface area contributed by atoms with Gasteiger partial charge in [0.1, 0.15) is 18.1 Å². The molecule has 12 heteroatoms. The molecule has 4 atom stereocenters. The van der Waals surface area contributed by atoms with Crippen LogP contribution >= 0.6 is 24.4 Å². The molecule has 0 saturated heterocycles. The van der Waals surface area contributed by atoms with Gasteiger partial charge in [0.15, 0.2) is 0 Å². The average Bonchev–Trinajstić information content (AvgIpc) is 3.27. The standard InChI is InChI=1S/C25H37N5O5S2/c1-14(2)10-19(28-22(31)17(26)8-9-37-3)23(32)30-21(13-36)24(33)29-20(25(34)35)11-15-12-27-18-7-5-4-6-16(15)18/h4-7,12,14,17,19-21,27,36H,8-11,13,26H2,1-3H3,(H,28,31)(H,29,33)(H,30,32)(H,34,35). The summed E-state index contributed by atoms with van der Waals surface area (Å²) in [5, 5.41) is 18.4. The van der Waals surface area contributed by atoms with Crippen LogP contribution in [0.15, 0.2) is 30.5 Å². The molecule has 0 aliphatic carbocycles. The lowest BCUT2D eigenvalue weighted by atomic mass is 10.0. The number of rotatable bonds is 15. The molecule has 1 heterocycles. The van der Waals surface area contributed by atoms with Crippen LogP contribution in [0, 0.1) is 5.92 Å². The van der Waals surface area contributed by atoms with E-state index >= 15 is 0 Å². The summed E-state index contributed by atoms with van der Waals surface area (Å²) in [5.41, 5.74) is 7.54. The van der Waals surface area contributed by atoms with E-state index in [2.05, 4.69) is 33.6 Å². The summed E-state index contributed by atoms with van der Waals surface area (Å²) < 4.78 is 0. The molecule has 204 valence electrons. The normalized spacial score (nSPS) is 14.5. The van der Waals surface area contributed by atoms with Crippen LogP contribution in [0.5, 0.6) is 0 Å². The van der Waals surface area contributed by atoms with Gasteiger partial charge in [0.25, 0.3) is 0 Å². The maximum Gasteiger partial charge on any atom is 0.326 e. The number of aliphatic carboxylic acids is 1. The van der Waals surface area contributed by atoms with E-state index in [0.717, 1.165) is 16.5 Å². The number of benzene rings is 1. The molecule has 0 fully saturated rings. The van der Waals surface area contributed by atoms with Crippen molar-refractivity contribution in [3.8, 4) is 0 Å². The Bertz CT molecular complexity index is 1080. The monoisotopic (exact) mass is 551 g/mol. The second-order valence-corrected chi connectivity index (χ2v) is 10.6. The number of carboxylic acid groups (broad SMARTS) is 1. The van der Waals surface area contributed by atoms with E-state index in [9.17, 15) is 24.3 Å². The lowest BCUT2D eigenvalue weighted by Gasteiger charge is -2.25. The number of aromatic amines is 1. The number of H-pyrrole nitrogens is 1. The Morgan fingerprint density at radius 2 is 1.65 bits per heavy atom. The molecule has 1 aromatic heterocycles. The van der Waals surface area contributed by atoms with Crippen LogP contribution in [0.3, 0.4) is 0 Å². The third-order valence-corrected chi connectivity index (χ3v) is 6.85. The van der Waals surface area contributed by atoms with Crippen molar-refractivity contribution in [3.05, 3.63) is 36.0 Å². The largest absolute Gasteiger partial charge is 0.480 e. The van der Waals surface area contributed by atoms with Gasteiger partial charge in [0, 0.05) is 29.3 Å². The van der Waals surface area contributed by atoms with E-state index in [1.54, 1.807) is 18.0 Å². The van der Waals surface area contributed by atoms with Crippen molar-refractivity contribution in [2.45, 2.75) is 57.3 Å². The molecular weight excluding hydrogens is 514 g/mol. The molecule has 0 aliphatic heterocycles. The van der Waals surface area contributed by atoms with Gasteiger partial charge < -0.3 is 31.8 Å². The van der Waals surface area contributed by atoms with Crippen molar-refractivity contribution in [1.29, 1.82) is 0 Å². The molecule has 2 rings (SSSR count). The maximum absolute atomic E-state index is 13.0. The summed E-state index contributed by atoms with van der Waals surface area (Å²) in [7, 11) is 0. The SMILES string of the molecule is CSCCC(N)C(=O)NC(CC(C)C)C(=O)NC(CS)C(=O)NC(Cc1c[nH]c2ccccc12)C(=O)O. The zero-order valence-electron chi connectivity index (χ0n) is 21.3. The third kappa shape index (κ3) is 9.28. The third-order valence-electron chi connectivity index (χ3n) is 5.84. The van der Waals surface area contributed by atoms with Crippen LogP contribution in [-0.4, -0.2) is 75.7 Å². The molecule has 2 aromatic rings. The molecule has 0 radical (unpaired) electrons. The van der Waals surface area contributed by atoms with E-state index < -0.39 is 47.9 Å². The topological polar surface area (TPSA) is 166 Å². The molecule has 0 saturated carbocycles. The first kappa shape index (κ1) is 30.5. The average molecular weight is 552 g/mol. The number of carbonyl (C=O) groups excluding carboxylic acids is 3. The van der Waals surface area contributed by atoms with E-state index in [4.69, 9.17) is 5.73 Å². The summed E-state index contributed by atoms with van der Waals surface area (Å²) in [5.74, 6) is -2.15. The van der Waals surface area contributed by atoms with Crippen molar-refractivity contribution in [2.75, 3.05) is 17.8 Å². The Morgan fingerprint density at radius 3 is 2.27 bits per heavy atom. The lowest BCUT2D eigenvalue weighted by molar-refractivity contribution is -0.142. The zero-order chi connectivity index (χ0) is 27.5. The van der Waals surface area contributed by atoms with Crippen LogP contribution in [0.4, 0.5) is 0 Å². The Hall–Kier alpha value is -2.70. The highest BCUT2D eigenvalue weighted by Crippen LogP contribution is 2.19. The van der Waals surface area contributed by atoms with Crippen LogP contribution in [0.1, 0.15) is 32.3 Å². The van der Waals surface area contributed by atoms with Crippen LogP contribution in [-0.2, 0) is 25.6 Å². The maximum atomic E-state index is 13.0. The number of aromatic nitrogens is 1. The summed E-state index contributed by atoms with van der Waals surface area (Å²) >= 11 is 5.75. The summed E-state index contributed by atoms with van der Waals surface area (Å²) in [6.07, 6.45) is 4.49. The van der Waals surface area contributed by atoms with Gasteiger partial charge >= 0.3 is 5.97 Å². The van der Waals surface area contributed by atoms with E-state index in [1.165, 1.54) is 0 Å². The Balaban J connectivity index is 2.07. The second kappa shape index (κ2) is 14.9. The van der Waals surface area contributed by atoms with Gasteiger partial charge in [-0.25, -0.2) is 4.79 Å². The molecule has 37 heavy (non-hydrogen) atoms. The number of hydrogen-bond acceptors (Lipinski definition) is 7. The van der Waals surface area contributed by atoms with Crippen molar-refractivity contribution < 1.29 is 24.3 Å². The molecule has 4 unspecified atom stereocenters. The van der Waals surface area contributed by atoms with Crippen molar-refractivity contribution in [3.63, 3.8) is 0 Å². The molecule has 0 bridgehead atoms. The number of hydrogen-bond donors (Lipinski definition) is 7. The molecule has 7 N–H and O–H groups in total. The number of nitrogens with two attached hydrogens (primary N) is 1. The second-order valence-electron chi connectivity index (χ2n) is 9.29. The summed E-state index contributed by atoms with van der Waals surface area (Å²) in [6, 6.07) is 3.50. The number of nitrogens with one attached hydrogen (secondary N) is 4. The minimum Gasteiger partial charge on any atom is -0.480 e. The number of carbonyl (C=O) groups is 4. The van der Waals surface area contributed by atoms with Gasteiger partial charge in [-0.1, -0.05) is 32.0 Å². The number of thiol groups is 1. The van der Waals surface area contributed by atoms with E-state index in [-0.39, 0.29) is 18.1 Å². The molecule has 10 nitrogen and oxygen atoms in total. The fourth-order valence-corrected chi connectivity index (χ4v) is 4.56. The number of amides is 3. The highest BCUT2D eigenvalue weighted by atomic mass is 32.2. The molecule has 0 spiro atoms. The number of fused-ring (bicyclic) bond motifs is 1. The van der Waals surface area contributed by atoms with E-state index in [0.29, 0.717) is 18.6 Å². The molecule has 3 amide bonds. The predicted octanol–water partition coefficient (Wildman–Crippen LogP) is 1.31. The summed E-state index contributed by atoms with van der Waals surface area (Å²) in [6.45, 7) is 3.82. The van der Waals surface area contributed by atoms with Gasteiger partial charge in [0.2, 0.25) is 17.7 Å². The first-order chi connectivity index (χ1) is 17.6. The smallest absolute Gasteiger partial charge is 0.326 e. The number of carboxylic acids is 1. The molecule has 1 aromatic carbocycles. The van der Waals surface area contributed by atoms with Gasteiger partial charge in [-0.05, 0) is 42.4 Å². The van der Waals surface area contributed by atoms with Gasteiger partial charge in [-0.2, -0.15) is 24.4 Å². The Morgan fingerprint density at radius 1 is 1.03 bits per heavy atom.